The van der Waals surface area contributed by atoms with E-state index in [-0.39, 0.29) is 11.9 Å². The van der Waals surface area contributed by atoms with E-state index in [1.54, 1.807) is 0 Å². The number of hydrogen-bond donors (Lipinski definition) is 2. The van der Waals surface area contributed by atoms with Gasteiger partial charge in [-0.05, 0) is 38.6 Å². The van der Waals surface area contributed by atoms with Gasteiger partial charge in [0.2, 0.25) is 5.91 Å². The van der Waals surface area contributed by atoms with Crippen LogP contribution < -0.4 is 10.6 Å². The van der Waals surface area contributed by atoms with Gasteiger partial charge in [-0.2, -0.15) is 0 Å². The molecule has 0 bridgehead atoms. The number of nitrogens with one attached hydrogen (secondary N) is 2. The Hall–Kier alpha value is -0.570. The molecule has 0 saturated heterocycles. The zero-order valence-electron chi connectivity index (χ0n) is 9.59. The maximum absolute atomic E-state index is 11.6. The highest BCUT2D eigenvalue weighted by atomic mass is 16.2. The molecule has 3 heteroatoms. The van der Waals surface area contributed by atoms with Gasteiger partial charge in [0.15, 0.2) is 0 Å². The Labute approximate surface area is 92.0 Å². The van der Waals surface area contributed by atoms with Gasteiger partial charge in [0.1, 0.15) is 0 Å². The summed E-state index contributed by atoms with van der Waals surface area (Å²) in [5.41, 5.74) is 0. The summed E-state index contributed by atoms with van der Waals surface area (Å²) < 4.78 is 0. The monoisotopic (exact) mass is 210 g/mol. The van der Waals surface area contributed by atoms with E-state index in [9.17, 15) is 4.79 Å². The SMILES string of the molecule is CC(NCCC1CCC1)C(=O)NC1CC1. The summed E-state index contributed by atoms with van der Waals surface area (Å²) in [6, 6.07) is 0.457. The van der Waals surface area contributed by atoms with Crippen molar-refractivity contribution in [3.63, 3.8) is 0 Å². The summed E-state index contributed by atoms with van der Waals surface area (Å²) in [7, 11) is 0. The van der Waals surface area contributed by atoms with E-state index in [2.05, 4.69) is 10.6 Å². The van der Waals surface area contributed by atoms with E-state index in [1.165, 1.54) is 38.5 Å². The topological polar surface area (TPSA) is 41.1 Å². The number of carbonyl (C=O) groups excluding carboxylic acids is 1. The molecule has 0 aliphatic heterocycles. The third-order valence-corrected chi connectivity index (χ3v) is 3.54. The number of rotatable bonds is 6. The van der Waals surface area contributed by atoms with Gasteiger partial charge in [-0.25, -0.2) is 0 Å². The van der Waals surface area contributed by atoms with Crippen LogP contribution in [0.15, 0.2) is 0 Å². The van der Waals surface area contributed by atoms with Gasteiger partial charge >= 0.3 is 0 Å². The third-order valence-electron chi connectivity index (χ3n) is 3.54. The average molecular weight is 210 g/mol. The molecule has 0 aromatic rings. The van der Waals surface area contributed by atoms with Crippen molar-refractivity contribution in [2.45, 2.75) is 57.5 Å². The molecule has 0 aromatic carbocycles. The normalized spacial score (nSPS) is 23.3. The van der Waals surface area contributed by atoms with Crippen LogP contribution in [0.5, 0.6) is 0 Å². The quantitative estimate of drug-likeness (QED) is 0.696. The highest BCUT2D eigenvalue weighted by Gasteiger charge is 2.25. The second-order valence-electron chi connectivity index (χ2n) is 5.04. The number of carbonyl (C=O) groups is 1. The molecule has 1 atom stereocenters. The van der Waals surface area contributed by atoms with Crippen molar-refractivity contribution in [2.75, 3.05) is 6.54 Å². The average Bonchev–Trinajstić information content (AvgIpc) is 2.92. The molecule has 2 aliphatic carbocycles. The molecule has 1 amide bonds. The summed E-state index contributed by atoms with van der Waals surface area (Å²) >= 11 is 0. The van der Waals surface area contributed by atoms with E-state index in [1.807, 2.05) is 6.92 Å². The molecular formula is C12H22N2O. The number of amides is 1. The summed E-state index contributed by atoms with van der Waals surface area (Å²) in [5, 5.41) is 6.32. The maximum atomic E-state index is 11.6. The second-order valence-corrected chi connectivity index (χ2v) is 5.04. The van der Waals surface area contributed by atoms with Crippen LogP contribution in [0.4, 0.5) is 0 Å². The van der Waals surface area contributed by atoms with Crippen molar-refractivity contribution in [3.8, 4) is 0 Å². The van der Waals surface area contributed by atoms with Crippen molar-refractivity contribution in [2.24, 2.45) is 5.92 Å². The first kappa shape index (κ1) is 10.9. The summed E-state index contributed by atoms with van der Waals surface area (Å²) in [5.74, 6) is 1.10. The lowest BCUT2D eigenvalue weighted by Gasteiger charge is -2.25. The van der Waals surface area contributed by atoms with Crippen molar-refractivity contribution < 1.29 is 4.79 Å². The molecule has 0 spiro atoms. The molecule has 0 aromatic heterocycles. The minimum absolute atomic E-state index is 0.0225. The first-order chi connectivity index (χ1) is 7.25. The fourth-order valence-corrected chi connectivity index (χ4v) is 1.93. The van der Waals surface area contributed by atoms with Gasteiger partial charge in [0.05, 0.1) is 6.04 Å². The van der Waals surface area contributed by atoms with Gasteiger partial charge in [-0.1, -0.05) is 19.3 Å². The van der Waals surface area contributed by atoms with E-state index in [0.29, 0.717) is 6.04 Å². The van der Waals surface area contributed by atoms with Gasteiger partial charge in [0.25, 0.3) is 0 Å². The molecule has 1 unspecified atom stereocenters. The molecular weight excluding hydrogens is 188 g/mol. The van der Waals surface area contributed by atoms with Crippen LogP contribution in [-0.2, 0) is 4.79 Å². The lowest BCUT2D eigenvalue weighted by atomic mass is 9.83. The van der Waals surface area contributed by atoms with Crippen LogP contribution in [-0.4, -0.2) is 24.5 Å². The Morgan fingerprint density at radius 1 is 1.33 bits per heavy atom. The van der Waals surface area contributed by atoms with Crippen molar-refractivity contribution in [3.05, 3.63) is 0 Å². The highest BCUT2D eigenvalue weighted by molar-refractivity contribution is 5.81. The predicted octanol–water partition coefficient (Wildman–Crippen LogP) is 1.43. The molecule has 15 heavy (non-hydrogen) atoms. The van der Waals surface area contributed by atoms with Gasteiger partial charge in [-0.15, -0.1) is 0 Å². The standard InChI is InChI=1S/C12H22N2O/c1-9(12(15)14-11-5-6-11)13-8-7-10-3-2-4-10/h9-11,13H,2-8H2,1H3,(H,14,15). The van der Waals surface area contributed by atoms with Gasteiger partial charge in [-0.3, -0.25) is 4.79 Å². The summed E-state index contributed by atoms with van der Waals surface area (Å²) in [6.07, 6.45) is 7.76. The van der Waals surface area contributed by atoms with Crippen molar-refractivity contribution in [1.29, 1.82) is 0 Å². The number of hydrogen-bond acceptors (Lipinski definition) is 2. The first-order valence-corrected chi connectivity index (χ1v) is 6.29. The summed E-state index contributed by atoms with van der Waals surface area (Å²) in [4.78, 5) is 11.6. The van der Waals surface area contributed by atoms with Crippen LogP contribution in [0.25, 0.3) is 0 Å². The van der Waals surface area contributed by atoms with Crippen LogP contribution in [0, 0.1) is 5.92 Å². The Morgan fingerprint density at radius 2 is 2.07 bits per heavy atom. The van der Waals surface area contributed by atoms with Crippen LogP contribution in [0.3, 0.4) is 0 Å². The van der Waals surface area contributed by atoms with E-state index in [4.69, 9.17) is 0 Å². The fraction of sp³-hybridized carbons (Fsp3) is 0.917. The van der Waals surface area contributed by atoms with Crippen LogP contribution in [0.2, 0.25) is 0 Å². The molecule has 0 radical (unpaired) electrons. The zero-order chi connectivity index (χ0) is 10.7. The molecule has 86 valence electrons. The molecule has 2 aliphatic rings. The summed E-state index contributed by atoms with van der Waals surface area (Å²) in [6.45, 7) is 2.95. The van der Waals surface area contributed by atoms with E-state index >= 15 is 0 Å². The Morgan fingerprint density at radius 3 is 2.60 bits per heavy atom. The van der Waals surface area contributed by atoms with Gasteiger partial charge < -0.3 is 10.6 Å². The van der Waals surface area contributed by atoms with E-state index in [0.717, 1.165) is 12.5 Å². The van der Waals surface area contributed by atoms with Gasteiger partial charge in [0, 0.05) is 6.04 Å². The first-order valence-electron chi connectivity index (χ1n) is 6.29. The van der Waals surface area contributed by atoms with Crippen LogP contribution in [0.1, 0.15) is 45.4 Å². The van der Waals surface area contributed by atoms with Crippen molar-refractivity contribution in [1.82, 2.24) is 10.6 Å². The zero-order valence-corrected chi connectivity index (χ0v) is 9.59. The second kappa shape index (κ2) is 4.97. The minimum atomic E-state index is -0.0225. The fourth-order valence-electron chi connectivity index (χ4n) is 1.93. The Bertz CT molecular complexity index is 222. The highest BCUT2D eigenvalue weighted by Crippen LogP contribution is 2.28. The van der Waals surface area contributed by atoms with Crippen LogP contribution >= 0.6 is 0 Å². The Balaban J connectivity index is 1.53. The smallest absolute Gasteiger partial charge is 0.237 e. The maximum Gasteiger partial charge on any atom is 0.237 e. The Kier molecular flexibility index (Phi) is 3.62. The molecule has 2 N–H and O–H groups in total. The predicted molar refractivity (Wildman–Crippen MR) is 60.6 cm³/mol. The largest absolute Gasteiger partial charge is 0.352 e. The lowest BCUT2D eigenvalue weighted by Crippen LogP contribution is -2.43. The molecule has 2 fully saturated rings. The molecule has 2 rings (SSSR count). The molecule has 2 saturated carbocycles. The molecule has 0 heterocycles. The lowest BCUT2D eigenvalue weighted by molar-refractivity contribution is -0.122. The third kappa shape index (κ3) is 3.49. The minimum Gasteiger partial charge on any atom is -0.352 e. The van der Waals surface area contributed by atoms with E-state index < -0.39 is 0 Å². The van der Waals surface area contributed by atoms with Crippen molar-refractivity contribution >= 4 is 5.91 Å². The molecule has 3 nitrogen and oxygen atoms in total.